The second-order valence-electron chi connectivity index (χ2n) is 8.21. The van der Waals surface area contributed by atoms with Crippen LogP contribution < -0.4 is 5.32 Å². The first-order chi connectivity index (χ1) is 13.1. The van der Waals surface area contributed by atoms with Crippen LogP contribution in [-0.4, -0.2) is 25.5 Å². The van der Waals surface area contributed by atoms with Crippen LogP contribution in [0.3, 0.4) is 0 Å². The van der Waals surface area contributed by atoms with E-state index in [4.69, 9.17) is 11.6 Å². The number of hydrogen-bond donors (Lipinski definition) is 1. The van der Waals surface area contributed by atoms with Gasteiger partial charge in [0.1, 0.15) is 5.82 Å². The lowest BCUT2D eigenvalue weighted by Crippen LogP contribution is -2.26. The summed E-state index contributed by atoms with van der Waals surface area (Å²) in [6.07, 6.45) is 0. The Morgan fingerprint density at radius 3 is 2.43 bits per heavy atom. The van der Waals surface area contributed by atoms with Crippen molar-refractivity contribution in [3.63, 3.8) is 0 Å². The van der Waals surface area contributed by atoms with Gasteiger partial charge in [-0.25, -0.2) is 4.68 Å². The number of nitrogens with zero attached hydrogens (tertiary/aromatic N) is 4. The van der Waals surface area contributed by atoms with Crippen molar-refractivity contribution in [3.8, 4) is 5.69 Å². The van der Waals surface area contributed by atoms with Crippen LogP contribution in [0.4, 0.5) is 5.82 Å². The number of aromatic nitrogens is 4. The molecule has 148 valence electrons. The van der Waals surface area contributed by atoms with Crippen LogP contribution in [0.25, 0.3) is 5.69 Å². The molecule has 0 fully saturated rings. The molecule has 0 saturated heterocycles. The van der Waals surface area contributed by atoms with E-state index in [1.165, 1.54) is 0 Å². The van der Waals surface area contributed by atoms with Crippen molar-refractivity contribution >= 4 is 23.3 Å². The Hall–Kier alpha value is -2.60. The molecule has 1 aromatic carbocycles. The summed E-state index contributed by atoms with van der Waals surface area (Å²) < 4.78 is 3.59. The highest BCUT2D eigenvalue weighted by Gasteiger charge is 2.24. The Labute approximate surface area is 170 Å². The van der Waals surface area contributed by atoms with E-state index in [9.17, 15) is 4.79 Å². The summed E-state index contributed by atoms with van der Waals surface area (Å²) in [7, 11) is 0. The molecule has 3 aromatic rings. The summed E-state index contributed by atoms with van der Waals surface area (Å²) in [5, 5.41) is 12.6. The molecule has 6 nitrogen and oxygen atoms in total. The first-order valence-corrected chi connectivity index (χ1v) is 9.68. The van der Waals surface area contributed by atoms with Crippen LogP contribution in [0, 0.1) is 6.92 Å². The van der Waals surface area contributed by atoms with Crippen molar-refractivity contribution in [2.24, 2.45) is 0 Å². The predicted octanol–water partition coefficient (Wildman–Crippen LogP) is 5.16. The van der Waals surface area contributed by atoms with Gasteiger partial charge >= 0.3 is 0 Å². The average molecular weight is 400 g/mol. The number of hydrogen-bond acceptors (Lipinski definition) is 3. The van der Waals surface area contributed by atoms with Crippen molar-refractivity contribution in [2.75, 3.05) is 5.32 Å². The number of carbonyl (C=O) groups is 1. The van der Waals surface area contributed by atoms with Crippen LogP contribution in [0.2, 0.25) is 5.02 Å². The third-order valence-electron chi connectivity index (χ3n) is 4.32. The van der Waals surface area contributed by atoms with Gasteiger partial charge in [-0.1, -0.05) is 31.5 Å². The summed E-state index contributed by atoms with van der Waals surface area (Å²) in [5.74, 6) is 0.557. The van der Waals surface area contributed by atoms with E-state index in [0.717, 1.165) is 17.1 Å². The van der Waals surface area contributed by atoms with Gasteiger partial charge in [0, 0.05) is 16.8 Å². The minimum absolute atomic E-state index is 0.211. The molecule has 0 saturated carbocycles. The average Bonchev–Trinajstić information content (AvgIpc) is 3.18. The van der Waals surface area contributed by atoms with Gasteiger partial charge in [-0.3, -0.25) is 9.48 Å². The van der Waals surface area contributed by atoms with Crippen molar-refractivity contribution in [1.82, 2.24) is 19.6 Å². The zero-order chi connectivity index (χ0) is 20.6. The van der Waals surface area contributed by atoms with Gasteiger partial charge in [-0.05, 0) is 57.9 Å². The number of carbonyl (C=O) groups excluding carboxylic acids is 1. The molecule has 0 radical (unpaired) electrons. The largest absolute Gasteiger partial charge is 0.305 e. The minimum atomic E-state index is -0.270. The molecule has 7 heteroatoms. The minimum Gasteiger partial charge on any atom is -0.305 e. The topological polar surface area (TPSA) is 64.7 Å². The van der Waals surface area contributed by atoms with Crippen LogP contribution >= 0.6 is 11.6 Å². The zero-order valence-electron chi connectivity index (χ0n) is 17.1. The maximum Gasteiger partial charge on any atom is 0.277 e. The van der Waals surface area contributed by atoms with E-state index >= 15 is 0 Å². The summed E-state index contributed by atoms with van der Waals surface area (Å²) in [6.45, 7) is 12.3. The maximum atomic E-state index is 12.9. The highest BCUT2D eigenvalue weighted by Crippen LogP contribution is 2.25. The van der Waals surface area contributed by atoms with Crippen molar-refractivity contribution in [3.05, 3.63) is 58.5 Å². The molecule has 0 aliphatic carbocycles. The SMILES string of the molecule is Cc1cc(NC(=O)c2cc(C(C)C)n(C(C)(C)C)n2)n(-c2cccc(Cl)c2)n1. The molecule has 2 heterocycles. The number of rotatable bonds is 4. The van der Waals surface area contributed by atoms with Crippen LogP contribution in [0.15, 0.2) is 36.4 Å². The molecular weight excluding hydrogens is 374 g/mol. The lowest BCUT2D eigenvalue weighted by Gasteiger charge is -2.23. The summed E-state index contributed by atoms with van der Waals surface area (Å²) in [4.78, 5) is 12.9. The number of aryl methyl sites for hydroxylation is 1. The Balaban J connectivity index is 1.95. The standard InChI is InChI=1S/C21H26ClN5O/c1-13(2)18-12-17(25-27(18)21(4,5)6)20(28)23-19-10-14(3)24-26(19)16-9-7-8-15(22)11-16/h7-13H,1-6H3,(H,23,28). The van der Waals surface area contributed by atoms with Crippen molar-refractivity contribution in [1.29, 1.82) is 0 Å². The fourth-order valence-electron chi connectivity index (χ4n) is 3.03. The second kappa shape index (κ2) is 7.43. The van der Waals surface area contributed by atoms with Crippen molar-refractivity contribution in [2.45, 2.75) is 53.0 Å². The molecular formula is C21H26ClN5O. The molecule has 1 N–H and O–H groups in total. The Morgan fingerprint density at radius 1 is 1.14 bits per heavy atom. The Bertz CT molecular complexity index is 1010. The summed E-state index contributed by atoms with van der Waals surface area (Å²) in [6, 6.07) is 11.0. The first-order valence-electron chi connectivity index (χ1n) is 9.30. The normalized spacial score (nSPS) is 11.9. The van der Waals surface area contributed by atoms with Gasteiger partial charge < -0.3 is 5.32 Å². The predicted molar refractivity (Wildman–Crippen MR) is 113 cm³/mol. The van der Waals surface area contributed by atoms with E-state index < -0.39 is 0 Å². The summed E-state index contributed by atoms with van der Waals surface area (Å²) >= 11 is 6.11. The van der Waals surface area contributed by atoms with E-state index in [1.807, 2.05) is 35.9 Å². The van der Waals surface area contributed by atoms with E-state index in [-0.39, 0.29) is 17.4 Å². The molecule has 0 atom stereocenters. The number of anilines is 1. The zero-order valence-corrected chi connectivity index (χ0v) is 17.9. The second-order valence-corrected chi connectivity index (χ2v) is 8.64. The number of amides is 1. The molecule has 0 aliphatic heterocycles. The van der Waals surface area contributed by atoms with E-state index in [2.05, 4.69) is 50.1 Å². The van der Waals surface area contributed by atoms with Gasteiger partial charge in [0.2, 0.25) is 0 Å². The number of halogens is 1. The van der Waals surface area contributed by atoms with Gasteiger partial charge in [0.15, 0.2) is 5.69 Å². The quantitative estimate of drug-likeness (QED) is 0.658. The Morgan fingerprint density at radius 2 is 1.86 bits per heavy atom. The summed E-state index contributed by atoms with van der Waals surface area (Å²) in [5.41, 5.74) is 2.77. The lowest BCUT2D eigenvalue weighted by molar-refractivity contribution is 0.102. The van der Waals surface area contributed by atoms with Gasteiger partial charge in [0.25, 0.3) is 5.91 Å². The monoisotopic (exact) mass is 399 g/mol. The molecule has 3 rings (SSSR count). The Kier molecular flexibility index (Phi) is 5.35. The highest BCUT2D eigenvalue weighted by atomic mass is 35.5. The third kappa shape index (κ3) is 4.12. The fraction of sp³-hybridized carbons (Fsp3) is 0.381. The van der Waals surface area contributed by atoms with Gasteiger partial charge in [-0.15, -0.1) is 0 Å². The lowest BCUT2D eigenvalue weighted by atomic mass is 10.1. The molecule has 0 bridgehead atoms. The van der Waals surface area contributed by atoms with Crippen LogP contribution in [0.1, 0.15) is 62.4 Å². The molecule has 0 unspecified atom stereocenters. The van der Waals surface area contributed by atoms with E-state index in [1.54, 1.807) is 16.8 Å². The number of benzene rings is 1. The molecule has 28 heavy (non-hydrogen) atoms. The molecule has 0 aliphatic rings. The van der Waals surface area contributed by atoms with Crippen LogP contribution in [0.5, 0.6) is 0 Å². The molecule has 1 amide bonds. The van der Waals surface area contributed by atoms with Crippen molar-refractivity contribution < 1.29 is 4.79 Å². The fourth-order valence-corrected chi connectivity index (χ4v) is 3.21. The smallest absolute Gasteiger partial charge is 0.277 e. The van der Waals surface area contributed by atoms with Gasteiger partial charge in [0.05, 0.1) is 16.9 Å². The maximum absolute atomic E-state index is 12.9. The third-order valence-corrected chi connectivity index (χ3v) is 4.56. The van der Waals surface area contributed by atoms with Crippen LogP contribution in [-0.2, 0) is 5.54 Å². The first kappa shape index (κ1) is 20.1. The van der Waals surface area contributed by atoms with E-state index in [0.29, 0.717) is 16.5 Å². The number of nitrogens with one attached hydrogen (secondary N) is 1. The molecule has 2 aromatic heterocycles. The highest BCUT2D eigenvalue weighted by molar-refractivity contribution is 6.30. The van der Waals surface area contributed by atoms with Gasteiger partial charge in [-0.2, -0.15) is 10.2 Å². The molecule has 0 spiro atoms.